The van der Waals surface area contributed by atoms with Gasteiger partial charge in [-0.15, -0.1) is 0 Å². The van der Waals surface area contributed by atoms with E-state index < -0.39 is 0 Å². The van der Waals surface area contributed by atoms with Gasteiger partial charge < -0.3 is 14.4 Å². The Hall–Kier alpha value is -2.58. The summed E-state index contributed by atoms with van der Waals surface area (Å²) in [6.07, 6.45) is 9.17. The Labute approximate surface area is 188 Å². The number of hydrogen-bond acceptors (Lipinski definition) is 5. The van der Waals surface area contributed by atoms with Crippen molar-refractivity contribution in [2.75, 3.05) is 40.0 Å². The molecule has 0 spiro atoms. The van der Waals surface area contributed by atoms with Crippen molar-refractivity contribution < 1.29 is 19.1 Å². The molecule has 2 fully saturated rings. The lowest BCUT2D eigenvalue weighted by Gasteiger charge is -2.35. The zero-order valence-electron chi connectivity index (χ0n) is 18.7. The van der Waals surface area contributed by atoms with Gasteiger partial charge in [0.05, 0.1) is 35.1 Å². The molecular weight excluding hydrogens is 408 g/mol. The Morgan fingerprint density at radius 2 is 1.97 bits per heavy atom. The number of carbonyl (C=O) groups is 2. The van der Waals surface area contributed by atoms with Crippen LogP contribution in [0.2, 0.25) is 0 Å². The van der Waals surface area contributed by atoms with Gasteiger partial charge in [0.2, 0.25) is 5.91 Å². The Bertz CT molecular complexity index is 1010. The summed E-state index contributed by atoms with van der Waals surface area (Å²) < 4.78 is 12.8. The quantitative estimate of drug-likeness (QED) is 0.722. The van der Waals surface area contributed by atoms with Crippen LogP contribution in [0.3, 0.4) is 0 Å². The molecule has 170 valence electrons. The topological polar surface area (TPSA) is 86.0 Å². The molecule has 1 unspecified atom stereocenters. The third-order valence-electron chi connectivity index (χ3n) is 7.10. The van der Waals surface area contributed by atoms with Crippen molar-refractivity contribution in [1.82, 2.24) is 14.7 Å². The number of fused-ring (bicyclic) bond motifs is 3. The summed E-state index contributed by atoms with van der Waals surface area (Å²) in [6, 6.07) is 0.182. The van der Waals surface area contributed by atoms with E-state index in [1.54, 1.807) is 13.3 Å². The Morgan fingerprint density at radius 1 is 1.22 bits per heavy atom. The highest BCUT2D eigenvalue weighted by atomic mass is 16.5. The summed E-state index contributed by atoms with van der Waals surface area (Å²) in [4.78, 5) is 32.4. The molecule has 1 aromatic heterocycles. The van der Waals surface area contributed by atoms with Crippen LogP contribution in [-0.4, -0.2) is 72.2 Å². The number of likely N-dealkylation sites (tertiary alicyclic amines) is 1. The number of hydrogen-bond donors (Lipinski definition) is 0. The van der Waals surface area contributed by atoms with Gasteiger partial charge in [-0.25, -0.2) is 4.99 Å². The van der Waals surface area contributed by atoms with Crippen molar-refractivity contribution >= 4 is 23.1 Å². The lowest BCUT2D eigenvalue weighted by molar-refractivity contribution is -0.134. The van der Waals surface area contributed by atoms with Gasteiger partial charge in [-0.1, -0.05) is 11.6 Å². The number of amides is 2. The first-order valence-electron chi connectivity index (χ1n) is 11.5. The number of aromatic nitrogens is 2. The summed E-state index contributed by atoms with van der Waals surface area (Å²) in [5, 5.41) is 4.57. The average Bonchev–Trinajstić information content (AvgIpc) is 3.26. The van der Waals surface area contributed by atoms with E-state index in [9.17, 15) is 9.59 Å². The number of nitrogens with zero attached hydrogens (tertiary/aromatic N) is 4. The van der Waals surface area contributed by atoms with Crippen molar-refractivity contribution in [2.24, 2.45) is 16.8 Å². The van der Waals surface area contributed by atoms with E-state index in [1.807, 2.05) is 28.7 Å². The van der Waals surface area contributed by atoms with Crippen LogP contribution in [0.1, 0.15) is 54.7 Å². The maximum absolute atomic E-state index is 13.5. The van der Waals surface area contributed by atoms with Crippen LogP contribution in [0, 0.1) is 11.8 Å². The van der Waals surface area contributed by atoms with E-state index >= 15 is 0 Å². The number of carbonyl (C=O) groups excluding carboxylic acids is 2. The Morgan fingerprint density at radius 3 is 2.69 bits per heavy atom. The minimum atomic E-state index is -0.345. The van der Waals surface area contributed by atoms with Crippen LogP contribution >= 0.6 is 0 Å². The van der Waals surface area contributed by atoms with E-state index in [-0.39, 0.29) is 23.8 Å². The number of rotatable bonds is 4. The SMILES string of the molecule is COCC1CCN(C(=O)C2C=C3C(=NC(=O)c4cnn(C5CCOCC5)c43)C=C2C)CC1. The first-order valence-corrected chi connectivity index (χ1v) is 11.5. The molecule has 4 heterocycles. The van der Waals surface area contributed by atoms with Gasteiger partial charge in [0.15, 0.2) is 0 Å². The Kier molecular flexibility index (Phi) is 5.82. The van der Waals surface area contributed by atoms with E-state index in [2.05, 4.69) is 10.1 Å². The molecule has 8 nitrogen and oxygen atoms in total. The van der Waals surface area contributed by atoms with Crippen molar-refractivity contribution in [2.45, 2.75) is 38.6 Å². The fourth-order valence-electron chi connectivity index (χ4n) is 5.24. The second kappa shape index (κ2) is 8.75. The summed E-state index contributed by atoms with van der Waals surface area (Å²) in [5.74, 6) is 0.0307. The number of ether oxygens (including phenoxy) is 2. The molecule has 0 saturated carbocycles. The summed E-state index contributed by atoms with van der Waals surface area (Å²) >= 11 is 0. The normalized spacial score (nSPS) is 24.4. The number of methoxy groups -OCH3 is 1. The molecule has 8 heteroatoms. The number of allylic oxidation sites excluding steroid dienone is 2. The predicted molar refractivity (Wildman–Crippen MR) is 119 cm³/mol. The maximum Gasteiger partial charge on any atom is 0.281 e. The second-order valence-corrected chi connectivity index (χ2v) is 9.17. The fraction of sp³-hybridized carbons (Fsp3) is 0.583. The van der Waals surface area contributed by atoms with Gasteiger partial charge in [-0.05, 0) is 44.6 Å². The third-order valence-corrected chi connectivity index (χ3v) is 7.10. The molecule has 5 rings (SSSR count). The van der Waals surface area contributed by atoms with E-state index in [0.717, 1.165) is 62.2 Å². The van der Waals surface area contributed by atoms with Crippen molar-refractivity contribution in [3.8, 4) is 0 Å². The minimum Gasteiger partial charge on any atom is -0.384 e. The molecule has 3 aliphatic heterocycles. The van der Waals surface area contributed by atoms with E-state index in [1.165, 1.54) is 0 Å². The van der Waals surface area contributed by atoms with Crippen LogP contribution in [0.5, 0.6) is 0 Å². The van der Waals surface area contributed by atoms with E-state index in [0.29, 0.717) is 30.4 Å². The largest absolute Gasteiger partial charge is 0.384 e. The maximum atomic E-state index is 13.5. The average molecular weight is 439 g/mol. The van der Waals surface area contributed by atoms with Crippen molar-refractivity contribution in [1.29, 1.82) is 0 Å². The van der Waals surface area contributed by atoms with Gasteiger partial charge in [-0.3, -0.25) is 14.3 Å². The zero-order chi connectivity index (χ0) is 22.2. The molecular formula is C24H30N4O4. The molecule has 0 aromatic carbocycles. The molecule has 1 aromatic rings. The van der Waals surface area contributed by atoms with Gasteiger partial charge >= 0.3 is 0 Å². The van der Waals surface area contributed by atoms with Crippen molar-refractivity contribution in [3.63, 3.8) is 0 Å². The fourth-order valence-corrected chi connectivity index (χ4v) is 5.24. The number of aliphatic imine (C=N–C) groups is 1. The smallest absolute Gasteiger partial charge is 0.281 e. The lowest BCUT2D eigenvalue weighted by atomic mass is 9.84. The zero-order valence-corrected chi connectivity index (χ0v) is 18.7. The van der Waals surface area contributed by atoms with Crippen LogP contribution in [0.15, 0.2) is 28.9 Å². The second-order valence-electron chi connectivity index (χ2n) is 9.17. The molecule has 0 N–H and O–H groups in total. The minimum absolute atomic E-state index is 0.122. The van der Waals surface area contributed by atoms with Crippen LogP contribution in [0.4, 0.5) is 0 Å². The molecule has 4 aliphatic rings. The van der Waals surface area contributed by atoms with E-state index in [4.69, 9.17) is 9.47 Å². The van der Waals surface area contributed by atoms with Gasteiger partial charge in [0.1, 0.15) is 0 Å². The highest BCUT2D eigenvalue weighted by molar-refractivity contribution is 6.36. The summed E-state index contributed by atoms with van der Waals surface area (Å²) in [5.41, 5.74) is 3.72. The molecule has 32 heavy (non-hydrogen) atoms. The molecule has 1 atom stereocenters. The number of piperidine rings is 1. The molecule has 1 aliphatic carbocycles. The standard InChI is InChI=1S/C24H30N4O4/c1-15-11-21-19(12-18(15)24(30)27-7-3-16(4-8-27)14-31-2)22-20(23(29)26-21)13-25-28(22)17-5-9-32-10-6-17/h11-13,16-18H,3-10,14H2,1-2H3. The van der Waals surface area contributed by atoms with Gasteiger partial charge in [-0.2, -0.15) is 5.10 Å². The van der Waals surface area contributed by atoms with Crippen LogP contribution in [0.25, 0.3) is 5.57 Å². The van der Waals surface area contributed by atoms with Gasteiger partial charge in [0.25, 0.3) is 5.91 Å². The molecule has 2 saturated heterocycles. The summed E-state index contributed by atoms with van der Waals surface area (Å²) in [6.45, 7) is 5.58. The van der Waals surface area contributed by atoms with Crippen LogP contribution in [-0.2, 0) is 14.3 Å². The third kappa shape index (κ3) is 3.75. The van der Waals surface area contributed by atoms with Gasteiger partial charge in [0, 0.05) is 45.6 Å². The highest BCUT2D eigenvalue weighted by Crippen LogP contribution is 2.37. The predicted octanol–water partition coefficient (Wildman–Crippen LogP) is 2.67. The first kappa shape index (κ1) is 21.3. The molecule has 2 amide bonds. The monoisotopic (exact) mass is 438 g/mol. The first-order chi connectivity index (χ1) is 15.6. The molecule has 0 radical (unpaired) electrons. The van der Waals surface area contributed by atoms with Crippen LogP contribution < -0.4 is 0 Å². The molecule has 0 bridgehead atoms. The Balaban J connectivity index is 1.44. The summed E-state index contributed by atoms with van der Waals surface area (Å²) in [7, 11) is 1.73. The lowest BCUT2D eigenvalue weighted by Crippen LogP contribution is -2.43. The van der Waals surface area contributed by atoms with Crippen molar-refractivity contribution in [3.05, 3.63) is 35.2 Å². The highest BCUT2D eigenvalue weighted by Gasteiger charge is 2.36.